The summed E-state index contributed by atoms with van der Waals surface area (Å²) in [5, 5.41) is 2.96. The number of rotatable bonds is 4. The number of alkyl halides is 1. The highest BCUT2D eigenvalue weighted by molar-refractivity contribution is 9.09. The van der Waals surface area contributed by atoms with Gasteiger partial charge in [0, 0.05) is 10.5 Å². The molecule has 2 aromatic carbocycles. The van der Waals surface area contributed by atoms with Gasteiger partial charge in [0.25, 0.3) is 5.91 Å². The Morgan fingerprint density at radius 1 is 1.24 bits per heavy atom. The van der Waals surface area contributed by atoms with Crippen LogP contribution in [0.5, 0.6) is 5.75 Å². The van der Waals surface area contributed by atoms with Crippen LogP contribution in [0.4, 0.5) is 5.69 Å². The van der Waals surface area contributed by atoms with Crippen LogP contribution in [0.25, 0.3) is 0 Å². The third kappa shape index (κ3) is 3.64. The molecule has 0 aromatic heterocycles. The summed E-state index contributed by atoms with van der Waals surface area (Å²) < 4.78 is 5.27. The number of nitrogens with one attached hydrogen (secondary N) is 1. The summed E-state index contributed by atoms with van der Waals surface area (Å²) in [4.78, 5) is 12.7. The van der Waals surface area contributed by atoms with E-state index in [1.54, 1.807) is 7.11 Å². The minimum atomic E-state index is -0.170. The van der Waals surface area contributed by atoms with E-state index in [-0.39, 0.29) is 10.7 Å². The third-order valence-corrected chi connectivity index (χ3v) is 3.73. The van der Waals surface area contributed by atoms with Gasteiger partial charge < -0.3 is 10.1 Å². The summed E-state index contributed by atoms with van der Waals surface area (Å²) in [7, 11) is 1.57. The molecule has 21 heavy (non-hydrogen) atoms. The van der Waals surface area contributed by atoms with Crippen molar-refractivity contribution in [2.45, 2.75) is 18.7 Å². The van der Waals surface area contributed by atoms with Gasteiger partial charge in [-0.25, -0.2) is 0 Å². The van der Waals surface area contributed by atoms with Gasteiger partial charge in [0.2, 0.25) is 0 Å². The van der Waals surface area contributed by atoms with E-state index in [0.29, 0.717) is 11.3 Å². The van der Waals surface area contributed by atoms with Gasteiger partial charge in [-0.3, -0.25) is 4.79 Å². The number of carbonyl (C=O) groups excluding carboxylic acids is 1. The Morgan fingerprint density at radius 2 is 1.95 bits per heavy atom. The van der Waals surface area contributed by atoms with Crippen molar-refractivity contribution in [3.05, 3.63) is 59.2 Å². The first kappa shape index (κ1) is 15.6. The minimum Gasteiger partial charge on any atom is -0.496 e. The number of para-hydroxylation sites is 1. The Labute approximate surface area is 133 Å². The second-order valence-corrected chi connectivity index (χ2v) is 6.23. The van der Waals surface area contributed by atoms with Crippen molar-refractivity contribution < 1.29 is 9.53 Å². The average Bonchev–Trinajstić information content (AvgIpc) is 2.47. The summed E-state index contributed by atoms with van der Waals surface area (Å²) in [5.74, 6) is 0.402. The fourth-order valence-corrected chi connectivity index (χ4v) is 2.55. The van der Waals surface area contributed by atoms with Crippen LogP contribution in [0.15, 0.2) is 42.5 Å². The molecule has 1 atom stereocenters. The molecule has 2 aromatic rings. The second-order valence-electron chi connectivity index (χ2n) is 4.86. The van der Waals surface area contributed by atoms with Crippen LogP contribution in [0, 0.1) is 6.92 Å². The van der Waals surface area contributed by atoms with E-state index < -0.39 is 0 Å². The van der Waals surface area contributed by atoms with E-state index in [2.05, 4.69) is 21.2 Å². The molecule has 0 saturated heterocycles. The molecule has 0 radical (unpaired) electrons. The minimum absolute atomic E-state index is 0.161. The fourth-order valence-electron chi connectivity index (χ4n) is 2.15. The maximum absolute atomic E-state index is 12.5. The summed E-state index contributed by atoms with van der Waals surface area (Å²) in [6.07, 6.45) is 0. The molecule has 1 amide bonds. The van der Waals surface area contributed by atoms with E-state index in [0.717, 1.165) is 16.8 Å². The molecule has 0 fully saturated rings. The van der Waals surface area contributed by atoms with Crippen molar-refractivity contribution >= 4 is 27.5 Å². The predicted molar refractivity (Wildman–Crippen MR) is 89.5 cm³/mol. The molecule has 0 saturated carbocycles. The zero-order valence-electron chi connectivity index (χ0n) is 12.3. The molecule has 0 aliphatic heterocycles. The molecule has 1 unspecified atom stereocenters. The van der Waals surface area contributed by atoms with Crippen molar-refractivity contribution in [3.63, 3.8) is 0 Å². The van der Waals surface area contributed by atoms with Gasteiger partial charge in [0.15, 0.2) is 0 Å². The largest absolute Gasteiger partial charge is 0.496 e. The molecular weight excluding hydrogens is 330 g/mol. The van der Waals surface area contributed by atoms with Gasteiger partial charge in [-0.2, -0.15) is 0 Å². The maximum Gasteiger partial charge on any atom is 0.259 e. The van der Waals surface area contributed by atoms with Crippen molar-refractivity contribution in [2.24, 2.45) is 0 Å². The highest BCUT2D eigenvalue weighted by atomic mass is 79.9. The standard InChI is InChI=1S/C17H18BrNO2/c1-11-8-9-16(21-3)14(10-11)17(20)19-15-7-5-4-6-13(15)12(2)18/h4-10,12H,1-3H3,(H,19,20). The molecule has 0 spiro atoms. The van der Waals surface area contributed by atoms with Crippen LogP contribution in [-0.2, 0) is 0 Å². The quantitative estimate of drug-likeness (QED) is 0.813. The smallest absolute Gasteiger partial charge is 0.259 e. The zero-order valence-corrected chi connectivity index (χ0v) is 13.9. The lowest BCUT2D eigenvalue weighted by Gasteiger charge is -2.14. The lowest BCUT2D eigenvalue weighted by molar-refractivity contribution is 0.102. The van der Waals surface area contributed by atoms with E-state index in [1.165, 1.54) is 0 Å². The molecule has 1 N–H and O–H groups in total. The van der Waals surface area contributed by atoms with Crippen LogP contribution in [0.2, 0.25) is 0 Å². The molecule has 0 bridgehead atoms. The third-order valence-electron chi connectivity index (χ3n) is 3.24. The molecule has 0 aliphatic carbocycles. The lowest BCUT2D eigenvalue weighted by Crippen LogP contribution is -2.14. The number of aryl methyl sites for hydroxylation is 1. The number of carbonyl (C=O) groups is 1. The molecule has 2 rings (SSSR count). The highest BCUT2D eigenvalue weighted by Crippen LogP contribution is 2.29. The van der Waals surface area contributed by atoms with Gasteiger partial charge in [0.05, 0.1) is 12.7 Å². The highest BCUT2D eigenvalue weighted by Gasteiger charge is 2.15. The topological polar surface area (TPSA) is 38.3 Å². The van der Waals surface area contributed by atoms with Crippen molar-refractivity contribution in [2.75, 3.05) is 12.4 Å². The Balaban J connectivity index is 2.33. The number of anilines is 1. The number of hydrogen-bond donors (Lipinski definition) is 1. The van der Waals surface area contributed by atoms with Crippen LogP contribution in [-0.4, -0.2) is 13.0 Å². The van der Waals surface area contributed by atoms with E-state index >= 15 is 0 Å². The average molecular weight is 348 g/mol. The molecule has 0 heterocycles. The Morgan fingerprint density at radius 3 is 2.62 bits per heavy atom. The molecule has 3 nitrogen and oxygen atoms in total. The monoisotopic (exact) mass is 347 g/mol. The summed E-state index contributed by atoms with van der Waals surface area (Å²) in [6, 6.07) is 13.3. The molecule has 0 aliphatic rings. The van der Waals surface area contributed by atoms with Crippen molar-refractivity contribution in [1.29, 1.82) is 0 Å². The van der Waals surface area contributed by atoms with Crippen LogP contribution >= 0.6 is 15.9 Å². The van der Waals surface area contributed by atoms with E-state index in [9.17, 15) is 4.79 Å². The van der Waals surface area contributed by atoms with Crippen LogP contribution < -0.4 is 10.1 Å². The van der Waals surface area contributed by atoms with Gasteiger partial charge in [-0.1, -0.05) is 45.8 Å². The first-order chi connectivity index (χ1) is 10.0. The predicted octanol–water partition coefficient (Wildman–Crippen LogP) is 4.71. The van der Waals surface area contributed by atoms with Gasteiger partial charge >= 0.3 is 0 Å². The maximum atomic E-state index is 12.5. The van der Waals surface area contributed by atoms with E-state index in [4.69, 9.17) is 4.74 Å². The molecule has 110 valence electrons. The zero-order chi connectivity index (χ0) is 15.4. The summed E-state index contributed by atoms with van der Waals surface area (Å²) in [5.41, 5.74) is 3.39. The first-order valence-electron chi connectivity index (χ1n) is 6.72. The molecular formula is C17H18BrNO2. The number of methoxy groups -OCH3 is 1. The number of amides is 1. The summed E-state index contributed by atoms with van der Waals surface area (Å²) >= 11 is 3.54. The van der Waals surface area contributed by atoms with Crippen LogP contribution in [0.1, 0.15) is 33.2 Å². The molecule has 4 heteroatoms. The SMILES string of the molecule is COc1ccc(C)cc1C(=O)Nc1ccccc1C(C)Br. The van der Waals surface area contributed by atoms with E-state index in [1.807, 2.05) is 56.3 Å². The number of ether oxygens (including phenoxy) is 1. The van der Waals surface area contributed by atoms with Gasteiger partial charge in [-0.05, 0) is 37.6 Å². The number of hydrogen-bond acceptors (Lipinski definition) is 2. The Bertz CT molecular complexity index is 653. The summed E-state index contributed by atoms with van der Waals surface area (Å²) in [6.45, 7) is 3.98. The fraction of sp³-hybridized carbons (Fsp3) is 0.235. The number of benzene rings is 2. The van der Waals surface area contributed by atoms with Crippen molar-refractivity contribution in [3.8, 4) is 5.75 Å². The van der Waals surface area contributed by atoms with Gasteiger partial charge in [0.1, 0.15) is 5.75 Å². The Kier molecular flexibility index (Phi) is 5.02. The first-order valence-corrected chi connectivity index (χ1v) is 7.63. The normalized spacial score (nSPS) is 11.8. The second kappa shape index (κ2) is 6.76. The van der Waals surface area contributed by atoms with Gasteiger partial charge in [-0.15, -0.1) is 0 Å². The Hall–Kier alpha value is -1.81. The van der Waals surface area contributed by atoms with Crippen LogP contribution in [0.3, 0.4) is 0 Å². The number of halogens is 1. The lowest BCUT2D eigenvalue weighted by atomic mass is 10.1. The van der Waals surface area contributed by atoms with Crippen molar-refractivity contribution in [1.82, 2.24) is 0 Å².